The number of thiophene rings is 1. The third-order valence-electron chi connectivity index (χ3n) is 4.72. The van der Waals surface area contributed by atoms with Crippen molar-refractivity contribution in [3.63, 3.8) is 0 Å². The van der Waals surface area contributed by atoms with E-state index in [9.17, 15) is 4.79 Å². The van der Waals surface area contributed by atoms with Gasteiger partial charge < -0.3 is 9.80 Å². The van der Waals surface area contributed by atoms with Gasteiger partial charge in [0, 0.05) is 16.3 Å². The average Bonchev–Trinajstić information content (AvgIpc) is 3.07. The maximum absolute atomic E-state index is 12.2. The van der Waals surface area contributed by atoms with Gasteiger partial charge in [0.25, 0.3) is 0 Å². The van der Waals surface area contributed by atoms with Crippen LogP contribution in [-0.2, 0) is 4.79 Å². The van der Waals surface area contributed by atoms with Crippen LogP contribution in [0.25, 0.3) is 0 Å². The predicted octanol–water partition coefficient (Wildman–Crippen LogP) is 2.22. The van der Waals surface area contributed by atoms with Crippen LogP contribution in [0.5, 0.6) is 0 Å². The smallest absolute Gasteiger partial charge is 0.238 e. The number of amides is 1. The van der Waals surface area contributed by atoms with Gasteiger partial charge in [-0.1, -0.05) is 6.92 Å². The summed E-state index contributed by atoms with van der Waals surface area (Å²) in [6, 6.07) is 4.30. The topological polar surface area (TPSA) is 35.6 Å². The first-order chi connectivity index (χ1) is 10.2. The van der Waals surface area contributed by atoms with E-state index < -0.39 is 0 Å². The number of rotatable bonds is 4. The molecule has 2 fully saturated rings. The lowest BCUT2D eigenvalue weighted by atomic mass is 9.96. The van der Waals surface area contributed by atoms with Crippen molar-refractivity contribution in [3.8, 4) is 0 Å². The first kappa shape index (κ1) is 15.0. The zero-order valence-electron chi connectivity index (χ0n) is 13.0. The Bertz CT molecular complexity index is 493. The largest absolute Gasteiger partial charge is 0.321 e. The van der Waals surface area contributed by atoms with Crippen LogP contribution < -0.4 is 5.32 Å². The maximum atomic E-state index is 12.2. The summed E-state index contributed by atoms with van der Waals surface area (Å²) in [6.07, 6.45) is 2.53. The fourth-order valence-electron chi connectivity index (χ4n) is 3.36. The highest BCUT2D eigenvalue weighted by molar-refractivity contribution is 7.12. The van der Waals surface area contributed by atoms with Crippen molar-refractivity contribution in [2.45, 2.75) is 32.9 Å². The Labute approximate surface area is 131 Å². The molecule has 0 aliphatic carbocycles. The summed E-state index contributed by atoms with van der Waals surface area (Å²) in [5, 5.41) is 3.37. The van der Waals surface area contributed by atoms with Gasteiger partial charge in [0.2, 0.25) is 5.91 Å². The van der Waals surface area contributed by atoms with E-state index in [0.717, 1.165) is 13.1 Å². The van der Waals surface area contributed by atoms with Crippen LogP contribution in [0.15, 0.2) is 12.1 Å². The van der Waals surface area contributed by atoms with E-state index in [-0.39, 0.29) is 12.1 Å². The predicted molar refractivity (Wildman–Crippen MR) is 86.4 cm³/mol. The van der Waals surface area contributed by atoms with Crippen molar-refractivity contribution in [2.75, 3.05) is 32.7 Å². The number of carbonyl (C=O) groups excluding carboxylic acids is 1. The summed E-state index contributed by atoms with van der Waals surface area (Å²) in [4.78, 5) is 19.4. The van der Waals surface area contributed by atoms with Crippen LogP contribution in [0.1, 0.15) is 35.7 Å². The van der Waals surface area contributed by atoms with E-state index in [0.29, 0.717) is 12.5 Å². The molecule has 2 saturated heterocycles. The van der Waals surface area contributed by atoms with Crippen LogP contribution in [0.2, 0.25) is 0 Å². The fourth-order valence-corrected chi connectivity index (χ4v) is 4.33. The lowest BCUT2D eigenvalue weighted by molar-refractivity contribution is -0.128. The molecule has 2 aliphatic rings. The monoisotopic (exact) mass is 307 g/mol. The molecule has 0 spiro atoms. The molecule has 2 aliphatic heterocycles. The molecular weight excluding hydrogens is 282 g/mol. The molecule has 116 valence electrons. The molecule has 1 aromatic rings. The Hall–Kier alpha value is -0.910. The van der Waals surface area contributed by atoms with Gasteiger partial charge in [-0.15, -0.1) is 11.3 Å². The van der Waals surface area contributed by atoms with Crippen molar-refractivity contribution in [3.05, 3.63) is 21.9 Å². The second-order valence-corrected chi connectivity index (χ2v) is 7.48. The van der Waals surface area contributed by atoms with Gasteiger partial charge in [-0.2, -0.15) is 0 Å². The first-order valence-electron chi connectivity index (χ1n) is 7.99. The molecule has 1 atom stereocenters. The quantitative estimate of drug-likeness (QED) is 0.926. The minimum atomic E-state index is 0.0976. The van der Waals surface area contributed by atoms with Crippen LogP contribution >= 0.6 is 11.3 Å². The van der Waals surface area contributed by atoms with Crippen molar-refractivity contribution in [1.29, 1.82) is 0 Å². The molecule has 3 heterocycles. The Balaban J connectivity index is 1.64. The second-order valence-electron chi connectivity index (χ2n) is 6.16. The summed E-state index contributed by atoms with van der Waals surface area (Å²) in [7, 11) is 0. The zero-order valence-corrected chi connectivity index (χ0v) is 13.8. The van der Waals surface area contributed by atoms with Crippen LogP contribution in [-0.4, -0.2) is 48.4 Å². The standard InChI is InChI=1S/C16H25N3OS/c1-3-18-8-6-13(7-9-18)11-19-15(20)10-17-16(19)14-5-4-12(2)21-14/h4-5,13,16-17H,3,6-11H2,1-2H3. The lowest BCUT2D eigenvalue weighted by Crippen LogP contribution is -2.40. The summed E-state index contributed by atoms with van der Waals surface area (Å²) in [6.45, 7) is 9.24. The molecule has 0 radical (unpaired) electrons. The third-order valence-corrected chi connectivity index (χ3v) is 5.77. The summed E-state index contributed by atoms with van der Waals surface area (Å²) >= 11 is 1.79. The van der Waals surface area contributed by atoms with Gasteiger partial charge in [-0.05, 0) is 57.5 Å². The summed E-state index contributed by atoms with van der Waals surface area (Å²) in [5.41, 5.74) is 0. The number of nitrogens with zero attached hydrogens (tertiary/aromatic N) is 2. The van der Waals surface area contributed by atoms with E-state index >= 15 is 0 Å². The molecule has 5 heteroatoms. The molecule has 0 aromatic carbocycles. The average molecular weight is 307 g/mol. The number of nitrogens with one attached hydrogen (secondary N) is 1. The Morgan fingerprint density at radius 2 is 2.10 bits per heavy atom. The minimum absolute atomic E-state index is 0.0976. The molecule has 0 bridgehead atoms. The van der Waals surface area contributed by atoms with Gasteiger partial charge in [0.15, 0.2) is 0 Å². The van der Waals surface area contributed by atoms with Crippen LogP contribution in [0.3, 0.4) is 0 Å². The van der Waals surface area contributed by atoms with Gasteiger partial charge in [-0.3, -0.25) is 10.1 Å². The SMILES string of the molecule is CCN1CCC(CN2C(=O)CNC2c2ccc(C)s2)CC1. The van der Waals surface area contributed by atoms with Crippen LogP contribution in [0, 0.1) is 12.8 Å². The lowest BCUT2D eigenvalue weighted by Gasteiger charge is -2.34. The van der Waals surface area contributed by atoms with Crippen molar-refractivity contribution in [1.82, 2.24) is 15.1 Å². The Kier molecular flexibility index (Phi) is 4.62. The van der Waals surface area contributed by atoms with Gasteiger partial charge in [-0.25, -0.2) is 0 Å². The number of carbonyl (C=O) groups is 1. The molecule has 1 aromatic heterocycles. The maximum Gasteiger partial charge on any atom is 0.238 e. The fraction of sp³-hybridized carbons (Fsp3) is 0.688. The second kappa shape index (κ2) is 6.46. The van der Waals surface area contributed by atoms with Gasteiger partial charge in [0.05, 0.1) is 6.54 Å². The van der Waals surface area contributed by atoms with Gasteiger partial charge in [0.1, 0.15) is 6.17 Å². The number of hydrogen-bond donors (Lipinski definition) is 1. The highest BCUT2D eigenvalue weighted by atomic mass is 32.1. The third kappa shape index (κ3) is 3.30. The van der Waals surface area contributed by atoms with Crippen molar-refractivity contribution < 1.29 is 4.79 Å². The Morgan fingerprint density at radius 3 is 2.71 bits per heavy atom. The molecule has 1 amide bonds. The molecule has 1 N–H and O–H groups in total. The molecule has 3 rings (SSSR count). The van der Waals surface area contributed by atoms with E-state index in [2.05, 4.69) is 41.1 Å². The van der Waals surface area contributed by atoms with Crippen molar-refractivity contribution in [2.24, 2.45) is 5.92 Å². The van der Waals surface area contributed by atoms with Crippen LogP contribution in [0.4, 0.5) is 0 Å². The minimum Gasteiger partial charge on any atom is -0.321 e. The Morgan fingerprint density at radius 1 is 1.33 bits per heavy atom. The highest BCUT2D eigenvalue weighted by Gasteiger charge is 2.34. The first-order valence-corrected chi connectivity index (χ1v) is 8.80. The molecule has 21 heavy (non-hydrogen) atoms. The van der Waals surface area contributed by atoms with Gasteiger partial charge >= 0.3 is 0 Å². The molecule has 4 nitrogen and oxygen atoms in total. The number of piperidine rings is 1. The normalized spacial score (nSPS) is 25.0. The molecule has 1 unspecified atom stereocenters. The molecule has 0 saturated carbocycles. The number of likely N-dealkylation sites (tertiary alicyclic amines) is 1. The summed E-state index contributed by atoms with van der Waals surface area (Å²) < 4.78 is 0. The number of aryl methyl sites for hydroxylation is 1. The van der Waals surface area contributed by atoms with E-state index in [1.165, 1.54) is 35.7 Å². The van der Waals surface area contributed by atoms with Crippen molar-refractivity contribution >= 4 is 17.2 Å². The van der Waals surface area contributed by atoms with E-state index in [4.69, 9.17) is 0 Å². The molecular formula is C16H25N3OS. The highest BCUT2D eigenvalue weighted by Crippen LogP contribution is 2.30. The number of hydrogen-bond acceptors (Lipinski definition) is 4. The zero-order chi connectivity index (χ0) is 14.8. The van der Waals surface area contributed by atoms with E-state index in [1.807, 2.05) is 0 Å². The van der Waals surface area contributed by atoms with E-state index in [1.54, 1.807) is 11.3 Å². The summed E-state index contributed by atoms with van der Waals surface area (Å²) in [5.74, 6) is 0.907.